The molecule has 0 fully saturated rings. The molecule has 100 valence electrons. The third-order valence-corrected chi connectivity index (χ3v) is 4.63. The van der Waals surface area contributed by atoms with E-state index in [1.54, 1.807) is 11.1 Å². The molecule has 0 saturated carbocycles. The smallest absolute Gasteiger partial charge is 0.0294 e. The minimum atomic E-state index is 0.458. The number of benzene rings is 1. The zero-order valence-corrected chi connectivity index (χ0v) is 12.3. The number of nitrogens with one attached hydrogen (secondary N) is 1. The number of fused-ring (bicyclic) bond motifs is 1. The lowest BCUT2D eigenvalue weighted by molar-refractivity contribution is 0.360. The van der Waals surface area contributed by atoms with Crippen molar-refractivity contribution in [1.82, 2.24) is 5.32 Å². The van der Waals surface area contributed by atoms with Crippen molar-refractivity contribution in [3.8, 4) is 0 Å². The lowest BCUT2D eigenvalue weighted by Crippen LogP contribution is -2.34. The van der Waals surface area contributed by atoms with Gasteiger partial charge in [-0.2, -0.15) is 0 Å². The van der Waals surface area contributed by atoms with E-state index < -0.39 is 0 Å². The molecule has 0 aliphatic heterocycles. The zero-order valence-electron chi connectivity index (χ0n) is 12.3. The molecule has 3 unspecified atom stereocenters. The van der Waals surface area contributed by atoms with Crippen molar-refractivity contribution in [3.63, 3.8) is 0 Å². The van der Waals surface area contributed by atoms with Gasteiger partial charge in [0.2, 0.25) is 0 Å². The Morgan fingerprint density at radius 2 is 1.83 bits per heavy atom. The van der Waals surface area contributed by atoms with Gasteiger partial charge < -0.3 is 5.32 Å². The van der Waals surface area contributed by atoms with Crippen LogP contribution in [0.4, 0.5) is 0 Å². The summed E-state index contributed by atoms with van der Waals surface area (Å²) >= 11 is 0. The van der Waals surface area contributed by atoms with Crippen LogP contribution in [0.5, 0.6) is 0 Å². The van der Waals surface area contributed by atoms with Gasteiger partial charge in [0, 0.05) is 12.1 Å². The van der Waals surface area contributed by atoms with Gasteiger partial charge in [0.15, 0.2) is 0 Å². The maximum atomic E-state index is 3.74. The highest BCUT2D eigenvalue weighted by molar-refractivity contribution is 5.36. The van der Waals surface area contributed by atoms with Crippen LogP contribution < -0.4 is 5.32 Å². The third-order valence-electron chi connectivity index (χ3n) is 4.63. The van der Waals surface area contributed by atoms with E-state index in [1.165, 1.54) is 31.2 Å². The van der Waals surface area contributed by atoms with Crippen LogP contribution in [-0.4, -0.2) is 6.04 Å². The Bertz CT molecular complexity index is 397. The van der Waals surface area contributed by atoms with Gasteiger partial charge in [-0.3, -0.25) is 0 Å². The van der Waals surface area contributed by atoms with Crippen LogP contribution in [0.3, 0.4) is 0 Å². The average molecular weight is 245 g/mol. The summed E-state index contributed by atoms with van der Waals surface area (Å²) < 4.78 is 0. The zero-order chi connectivity index (χ0) is 13.1. The molecule has 1 N–H and O–H groups in total. The summed E-state index contributed by atoms with van der Waals surface area (Å²) in [6, 6.07) is 8.11. The molecule has 1 heteroatoms. The maximum Gasteiger partial charge on any atom is 0.0294 e. The van der Waals surface area contributed by atoms with Crippen LogP contribution in [-0.2, 0) is 12.8 Å². The minimum absolute atomic E-state index is 0.458. The van der Waals surface area contributed by atoms with Gasteiger partial charge in [0.05, 0.1) is 0 Å². The minimum Gasteiger partial charge on any atom is -0.307 e. The van der Waals surface area contributed by atoms with Gasteiger partial charge >= 0.3 is 0 Å². The second-order valence-corrected chi connectivity index (χ2v) is 5.94. The summed E-state index contributed by atoms with van der Waals surface area (Å²) in [7, 11) is 0. The lowest BCUT2D eigenvalue weighted by Gasteiger charge is -2.25. The standard InChI is InChI=1S/C17H27N/c1-5-12(2)13(3)18-14(4)16-10-9-15-7-6-8-17(15)11-16/h9-14,18H,5-8H2,1-4H3. The molecular formula is C17H27N. The Kier molecular flexibility index (Phi) is 4.45. The topological polar surface area (TPSA) is 12.0 Å². The van der Waals surface area contributed by atoms with Crippen LogP contribution in [0.15, 0.2) is 18.2 Å². The molecule has 0 bridgehead atoms. The molecule has 0 amide bonds. The van der Waals surface area contributed by atoms with E-state index in [2.05, 4.69) is 51.2 Å². The van der Waals surface area contributed by atoms with Crippen molar-refractivity contribution in [2.45, 2.75) is 65.5 Å². The van der Waals surface area contributed by atoms with E-state index in [0.29, 0.717) is 12.1 Å². The molecule has 2 rings (SSSR count). The molecule has 1 aromatic carbocycles. The van der Waals surface area contributed by atoms with E-state index in [4.69, 9.17) is 0 Å². The summed E-state index contributed by atoms with van der Waals surface area (Å²) in [5, 5.41) is 3.74. The van der Waals surface area contributed by atoms with Crippen molar-refractivity contribution in [3.05, 3.63) is 34.9 Å². The first-order valence-corrected chi connectivity index (χ1v) is 7.49. The third kappa shape index (κ3) is 2.95. The summed E-state index contributed by atoms with van der Waals surface area (Å²) in [6.07, 6.45) is 5.13. The molecule has 0 aromatic heterocycles. The first-order chi connectivity index (χ1) is 8.61. The predicted molar refractivity (Wildman–Crippen MR) is 78.9 cm³/mol. The molecule has 1 aromatic rings. The van der Waals surface area contributed by atoms with Crippen LogP contribution >= 0.6 is 0 Å². The van der Waals surface area contributed by atoms with Crippen LogP contribution in [0.1, 0.15) is 63.3 Å². The Morgan fingerprint density at radius 1 is 1.11 bits per heavy atom. The van der Waals surface area contributed by atoms with E-state index in [9.17, 15) is 0 Å². The van der Waals surface area contributed by atoms with E-state index in [1.807, 2.05) is 0 Å². The SMILES string of the molecule is CCC(C)C(C)NC(C)c1ccc2c(c1)CCC2. The fraction of sp³-hybridized carbons (Fsp3) is 0.647. The second-order valence-electron chi connectivity index (χ2n) is 5.94. The van der Waals surface area contributed by atoms with Crippen molar-refractivity contribution < 1.29 is 0 Å². The number of rotatable bonds is 5. The van der Waals surface area contributed by atoms with E-state index in [-0.39, 0.29) is 0 Å². The van der Waals surface area contributed by atoms with Gasteiger partial charge in [-0.1, -0.05) is 38.5 Å². The average Bonchev–Trinajstić information content (AvgIpc) is 2.84. The molecule has 3 atom stereocenters. The molecule has 1 nitrogen and oxygen atoms in total. The summed E-state index contributed by atoms with van der Waals surface area (Å²) in [5.74, 6) is 0.738. The van der Waals surface area contributed by atoms with E-state index >= 15 is 0 Å². The highest BCUT2D eigenvalue weighted by Gasteiger charge is 2.16. The number of hydrogen-bond donors (Lipinski definition) is 1. The van der Waals surface area contributed by atoms with Gasteiger partial charge in [-0.25, -0.2) is 0 Å². The van der Waals surface area contributed by atoms with Gasteiger partial charge in [0.1, 0.15) is 0 Å². The van der Waals surface area contributed by atoms with Gasteiger partial charge in [-0.15, -0.1) is 0 Å². The maximum absolute atomic E-state index is 3.74. The molecular weight excluding hydrogens is 218 g/mol. The first kappa shape index (κ1) is 13.6. The van der Waals surface area contributed by atoms with Crippen molar-refractivity contribution in [2.75, 3.05) is 0 Å². The molecule has 18 heavy (non-hydrogen) atoms. The fourth-order valence-electron chi connectivity index (χ4n) is 2.87. The van der Waals surface area contributed by atoms with E-state index in [0.717, 1.165) is 5.92 Å². The molecule has 0 heterocycles. The fourth-order valence-corrected chi connectivity index (χ4v) is 2.87. The van der Waals surface area contributed by atoms with Crippen molar-refractivity contribution in [1.29, 1.82) is 0 Å². The summed E-state index contributed by atoms with van der Waals surface area (Å²) in [5.41, 5.74) is 4.60. The quantitative estimate of drug-likeness (QED) is 0.817. The molecule has 0 spiro atoms. The van der Waals surface area contributed by atoms with Gasteiger partial charge in [-0.05, 0) is 55.7 Å². The summed E-state index contributed by atoms with van der Waals surface area (Å²) in [6.45, 7) is 9.18. The van der Waals surface area contributed by atoms with Crippen LogP contribution in [0.25, 0.3) is 0 Å². The lowest BCUT2D eigenvalue weighted by atomic mass is 9.97. The Balaban J connectivity index is 2.03. The number of aryl methyl sites for hydroxylation is 2. The predicted octanol–water partition coefficient (Wildman–Crippen LogP) is 4.26. The second kappa shape index (κ2) is 5.88. The summed E-state index contributed by atoms with van der Waals surface area (Å²) in [4.78, 5) is 0. The highest BCUT2D eigenvalue weighted by Crippen LogP contribution is 2.26. The van der Waals surface area contributed by atoms with Crippen molar-refractivity contribution >= 4 is 0 Å². The molecule has 1 aliphatic carbocycles. The monoisotopic (exact) mass is 245 g/mol. The normalized spacial score (nSPS) is 19.3. The van der Waals surface area contributed by atoms with Crippen molar-refractivity contribution in [2.24, 2.45) is 5.92 Å². The van der Waals surface area contributed by atoms with Gasteiger partial charge in [0.25, 0.3) is 0 Å². The Labute approximate surface area is 112 Å². The number of hydrogen-bond acceptors (Lipinski definition) is 1. The van der Waals surface area contributed by atoms with Crippen LogP contribution in [0, 0.1) is 5.92 Å². The molecule has 0 radical (unpaired) electrons. The first-order valence-electron chi connectivity index (χ1n) is 7.49. The Hall–Kier alpha value is -0.820. The molecule has 0 saturated heterocycles. The van der Waals surface area contributed by atoms with Crippen LogP contribution in [0.2, 0.25) is 0 Å². The Morgan fingerprint density at radius 3 is 2.56 bits per heavy atom. The largest absolute Gasteiger partial charge is 0.307 e. The highest BCUT2D eigenvalue weighted by atomic mass is 14.9. The molecule has 1 aliphatic rings.